The zero-order chi connectivity index (χ0) is 14.4. The second-order valence-electron chi connectivity index (χ2n) is 4.48. The van der Waals surface area contributed by atoms with Crippen LogP contribution in [0.15, 0.2) is 12.1 Å². The maximum Gasteiger partial charge on any atom is 0.227 e. The quantitative estimate of drug-likeness (QED) is 0.659. The van der Waals surface area contributed by atoms with E-state index in [1.54, 1.807) is 6.07 Å². The van der Waals surface area contributed by atoms with Gasteiger partial charge in [0.1, 0.15) is 0 Å². The van der Waals surface area contributed by atoms with E-state index in [4.69, 9.17) is 34.8 Å². The average molecular weight is 323 g/mol. The van der Waals surface area contributed by atoms with E-state index in [2.05, 4.69) is 12.2 Å². The van der Waals surface area contributed by atoms with Gasteiger partial charge in [0.15, 0.2) is 0 Å². The molecule has 0 unspecified atom stereocenters. The fourth-order valence-corrected chi connectivity index (χ4v) is 2.42. The summed E-state index contributed by atoms with van der Waals surface area (Å²) in [6.07, 6.45) is 3.82. The fraction of sp³-hybridized carbons (Fsp3) is 0.500. The molecule has 106 valence electrons. The van der Waals surface area contributed by atoms with Crippen LogP contribution in [-0.2, 0) is 4.79 Å². The van der Waals surface area contributed by atoms with E-state index < -0.39 is 0 Å². The van der Waals surface area contributed by atoms with Crippen LogP contribution < -0.4 is 5.32 Å². The summed E-state index contributed by atoms with van der Waals surface area (Å²) in [4.78, 5) is 12.2. The molecule has 0 saturated heterocycles. The van der Waals surface area contributed by atoms with Gasteiger partial charge in [-0.25, -0.2) is 0 Å². The monoisotopic (exact) mass is 321 g/mol. The normalized spacial score (nSPS) is 12.3. The molecule has 0 saturated carbocycles. The minimum absolute atomic E-state index is 0.00507. The molecular weight excluding hydrogens is 305 g/mol. The number of anilines is 1. The van der Waals surface area contributed by atoms with Gasteiger partial charge in [-0.15, -0.1) is 0 Å². The van der Waals surface area contributed by atoms with Crippen molar-refractivity contribution in [2.75, 3.05) is 5.32 Å². The van der Waals surface area contributed by atoms with Gasteiger partial charge in [-0.2, -0.15) is 0 Å². The smallest absolute Gasteiger partial charge is 0.227 e. The Morgan fingerprint density at radius 2 is 1.79 bits per heavy atom. The molecule has 0 aliphatic carbocycles. The van der Waals surface area contributed by atoms with Crippen molar-refractivity contribution in [3.8, 4) is 0 Å². The number of unbranched alkanes of at least 4 members (excludes halogenated alkanes) is 1. The van der Waals surface area contributed by atoms with Gasteiger partial charge in [0.2, 0.25) is 5.91 Å². The minimum Gasteiger partial charge on any atom is -0.324 e. The Kier molecular flexibility index (Phi) is 6.98. The first-order valence-corrected chi connectivity index (χ1v) is 7.58. The van der Waals surface area contributed by atoms with Gasteiger partial charge in [0, 0.05) is 5.92 Å². The Morgan fingerprint density at radius 1 is 1.16 bits per heavy atom. The number of amides is 1. The summed E-state index contributed by atoms with van der Waals surface area (Å²) in [5.41, 5.74) is 0.510. The van der Waals surface area contributed by atoms with Crippen LogP contribution in [-0.4, -0.2) is 5.91 Å². The van der Waals surface area contributed by atoms with Crippen LogP contribution >= 0.6 is 34.8 Å². The molecule has 2 nitrogen and oxygen atoms in total. The third-order valence-corrected chi connectivity index (χ3v) is 4.07. The van der Waals surface area contributed by atoms with Crippen molar-refractivity contribution in [2.24, 2.45) is 5.92 Å². The van der Waals surface area contributed by atoms with Gasteiger partial charge in [-0.05, 0) is 25.0 Å². The summed E-state index contributed by atoms with van der Waals surface area (Å²) >= 11 is 17.8. The third kappa shape index (κ3) is 4.87. The number of nitrogens with one attached hydrogen (secondary N) is 1. The van der Waals surface area contributed by atoms with Crippen LogP contribution in [0.5, 0.6) is 0 Å². The van der Waals surface area contributed by atoms with E-state index >= 15 is 0 Å². The van der Waals surface area contributed by atoms with Crippen LogP contribution in [0, 0.1) is 5.92 Å². The number of rotatable bonds is 6. The molecule has 0 radical (unpaired) electrons. The highest BCUT2D eigenvalue weighted by molar-refractivity contribution is 6.44. The van der Waals surface area contributed by atoms with Gasteiger partial charge in [-0.3, -0.25) is 4.79 Å². The summed E-state index contributed by atoms with van der Waals surface area (Å²) in [6.45, 7) is 4.12. The van der Waals surface area contributed by atoms with Gasteiger partial charge in [0.05, 0.1) is 20.8 Å². The molecule has 19 heavy (non-hydrogen) atoms. The Balaban J connectivity index is 2.78. The van der Waals surface area contributed by atoms with E-state index in [-0.39, 0.29) is 11.8 Å². The van der Waals surface area contributed by atoms with Crippen LogP contribution in [0.25, 0.3) is 0 Å². The molecule has 0 aromatic heterocycles. The number of carbonyl (C=O) groups excluding carboxylic acids is 1. The molecule has 0 bridgehead atoms. The first-order chi connectivity index (χ1) is 8.99. The third-order valence-electron chi connectivity index (χ3n) is 3.04. The molecule has 1 N–H and O–H groups in total. The zero-order valence-corrected chi connectivity index (χ0v) is 13.4. The van der Waals surface area contributed by atoms with Crippen molar-refractivity contribution in [2.45, 2.75) is 39.5 Å². The highest BCUT2D eigenvalue weighted by Crippen LogP contribution is 2.32. The summed E-state index contributed by atoms with van der Waals surface area (Å²) in [5, 5.41) is 3.98. The predicted molar refractivity (Wildman–Crippen MR) is 83.4 cm³/mol. The standard InChI is InChI=1S/C14H18Cl3NO/c1-3-5-6-9(4-2)14(19)18-13-8-11(16)10(15)7-12(13)17/h7-9H,3-6H2,1-2H3,(H,18,19)/t9-/m1/s1. The molecule has 1 aromatic rings. The number of hydrogen-bond acceptors (Lipinski definition) is 1. The summed E-state index contributed by atoms with van der Waals surface area (Å²) in [5.74, 6) is -0.0123. The number of hydrogen-bond donors (Lipinski definition) is 1. The molecule has 0 spiro atoms. The molecule has 0 fully saturated rings. The number of benzene rings is 1. The van der Waals surface area contributed by atoms with Crippen molar-refractivity contribution in [3.05, 3.63) is 27.2 Å². The van der Waals surface area contributed by atoms with Gasteiger partial charge >= 0.3 is 0 Å². The van der Waals surface area contributed by atoms with Gasteiger partial charge < -0.3 is 5.32 Å². The largest absolute Gasteiger partial charge is 0.324 e. The van der Waals surface area contributed by atoms with E-state index in [0.29, 0.717) is 20.8 Å². The topological polar surface area (TPSA) is 29.1 Å². The lowest BCUT2D eigenvalue weighted by Gasteiger charge is -2.15. The lowest BCUT2D eigenvalue weighted by atomic mass is 9.98. The van der Waals surface area contributed by atoms with E-state index in [9.17, 15) is 4.79 Å². The second kappa shape index (κ2) is 7.98. The molecule has 1 atom stereocenters. The Hall–Kier alpha value is -0.440. The Morgan fingerprint density at radius 3 is 2.37 bits per heavy atom. The molecule has 0 heterocycles. The molecule has 1 rings (SSSR count). The highest BCUT2D eigenvalue weighted by Gasteiger charge is 2.17. The van der Waals surface area contributed by atoms with Crippen LogP contribution in [0.2, 0.25) is 15.1 Å². The van der Waals surface area contributed by atoms with Crippen molar-refractivity contribution >= 4 is 46.4 Å². The Labute approximate surface area is 129 Å². The molecular formula is C14H18Cl3NO. The lowest BCUT2D eigenvalue weighted by Crippen LogP contribution is -2.22. The first-order valence-electron chi connectivity index (χ1n) is 6.45. The van der Waals surface area contributed by atoms with E-state index in [1.165, 1.54) is 6.07 Å². The molecule has 0 aliphatic heterocycles. The maximum absolute atomic E-state index is 12.2. The lowest BCUT2D eigenvalue weighted by molar-refractivity contribution is -0.120. The SMILES string of the molecule is CCCC[C@@H](CC)C(=O)Nc1cc(Cl)c(Cl)cc1Cl. The molecule has 1 aromatic carbocycles. The van der Waals surface area contributed by atoms with Crippen molar-refractivity contribution < 1.29 is 4.79 Å². The minimum atomic E-state index is -0.0174. The van der Waals surface area contributed by atoms with E-state index in [0.717, 1.165) is 25.7 Å². The first kappa shape index (κ1) is 16.6. The molecule has 1 amide bonds. The maximum atomic E-state index is 12.2. The van der Waals surface area contributed by atoms with Crippen molar-refractivity contribution in [3.63, 3.8) is 0 Å². The number of carbonyl (C=O) groups is 1. The summed E-state index contributed by atoms with van der Waals surface area (Å²) in [7, 11) is 0. The number of halogens is 3. The fourth-order valence-electron chi connectivity index (χ4n) is 1.82. The predicted octanol–water partition coefficient (Wildman–Crippen LogP) is 5.80. The van der Waals surface area contributed by atoms with Crippen LogP contribution in [0.3, 0.4) is 0 Å². The molecule has 5 heteroatoms. The molecule has 0 aliphatic rings. The van der Waals surface area contributed by atoms with Crippen LogP contribution in [0.1, 0.15) is 39.5 Å². The Bertz CT molecular complexity index is 449. The average Bonchev–Trinajstić information content (AvgIpc) is 2.37. The van der Waals surface area contributed by atoms with Gasteiger partial charge in [-0.1, -0.05) is 61.5 Å². The zero-order valence-electron chi connectivity index (χ0n) is 11.1. The van der Waals surface area contributed by atoms with E-state index in [1.807, 2.05) is 6.92 Å². The van der Waals surface area contributed by atoms with Gasteiger partial charge in [0.25, 0.3) is 0 Å². The second-order valence-corrected chi connectivity index (χ2v) is 5.70. The summed E-state index contributed by atoms with van der Waals surface area (Å²) < 4.78 is 0. The van der Waals surface area contributed by atoms with Crippen LogP contribution in [0.4, 0.5) is 5.69 Å². The summed E-state index contributed by atoms with van der Waals surface area (Å²) in [6, 6.07) is 3.12. The van der Waals surface area contributed by atoms with Crippen molar-refractivity contribution in [1.29, 1.82) is 0 Å². The highest BCUT2D eigenvalue weighted by atomic mass is 35.5. The van der Waals surface area contributed by atoms with Crippen molar-refractivity contribution in [1.82, 2.24) is 0 Å².